The van der Waals surface area contributed by atoms with Crippen LogP contribution in [0.1, 0.15) is 10.4 Å². The van der Waals surface area contributed by atoms with Gasteiger partial charge in [0.1, 0.15) is 0 Å². The molecule has 9 nitrogen and oxygen atoms in total. The zero-order valence-electron chi connectivity index (χ0n) is 7.83. The Morgan fingerprint density at radius 1 is 1.12 bits per heavy atom. The number of phenolic OH excluding ortho intramolecular Hbond substituents is 3. The van der Waals surface area contributed by atoms with Crippen molar-refractivity contribution in [2.24, 2.45) is 0 Å². The maximum atomic E-state index is 10.3. The Kier molecular flexibility index (Phi) is 7.51. The van der Waals surface area contributed by atoms with Crippen molar-refractivity contribution in [3.63, 3.8) is 0 Å². The second-order valence-electron chi connectivity index (χ2n) is 2.39. The molecule has 1 rings (SSSR count). The van der Waals surface area contributed by atoms with Gasteiger partial charge in [-0.2, -0.15) is 0 Å². The van der Waals surface area contributed by atoms with Crippen LogP contribution in [0.3, 0.4) is 0 Å². The van der Waals surface area contributed by atoms with E-state index in [0.717, 1.165) is 12.1 Å². The standard InChI is InChI=1S/C7H6O5.Ag.NO3/c8-4-1-3(7(11)12)2-5(9)6(4)10;;2-1(3)4/h1-2,8-10H,(H,11,12);;/q;+1;-1. The minimum absolute atomic E-state index is 0. The van der Waals surface area contributed by atoms with Crippen molar-refractivity contribution < 1.29 is 52.7 Å². The Labute approximate surface area is 109 Å². The number of hydrogen-bond acceptors (Lipinski definition) is 7. The van der Waals surface area contributed by atoms with Crippen LogP contribution in [-0.2, 0) is 22.4 Å². The third-order valence-electron chi connectivity index (χ3n) is 1.32. The Balaban J connectivity index is 0. The number of carboxylic acids is 1. The summed E-state index contributed by atoms with van der Waals surface area (Å²) in [6.07, 6.45) is 0. The number of aromatic hydroxyl groups is 3. The molecule has 0 heterocycles. The number of carboxylic acid groups (broad SMARTS) is 1. The molecule has 0 aliphatic heterocycles. The number of aromatic carboxylic acids is 1. The van der Waals surface area contributed by atoms with E-state index in [2.05, 4.69) is 0 Å². The average molecular weight is 340 g/mol. The molecule has 0 fully saturated rings. The van der Waals surface area contributed by atoms with Crippen LogP contribution in [0.25, 0.3) is 0 Å². The first-order valence-corrected chi connectivity index (χ1v) is 3.55. The first kappa shape index (κ1) is 17.4. The van der Waals surface area contributed by atoms with Gasteiger partial charge in [-0.15, -0.1) is 0 Å². The first-order chi connectivity index (χ1) is 7.25. The van der Waals surface area contributed by atoms with Crippen molar-refractivity contribution >= 4 is 5.97 Å². The van der Waals surface area contributed by atoms with Crippen LogP contribution >= 0.6 is 0 Å². The number of nitrogens with zero attached hydrogens (tertiary/aromatic N) is 1. The molecule has 0 amide bonds. The molecule has 0 saturated heterocycles. The predicted molar refractivity (Wildman–Crippen MR) is 48.8 cm³/mol. The summed E-state index contributed by atoms with van der Waals surface area (Å²) in [5, 5.41) is 49.7. The summed E-state index contributed by atoms with van der Waals surface area (Å²) in [7, 11) is 0. The van der Waals surface area contributed by atoms with Crippen molar-refractivity contribution in [2.75, 3.05) is 0 Å². The predicted octanol–water partition coefficient (Wildman–Crippen LogP) is 0.260. The van der Waals surface area contributed by atoms with E-state index >= 15 is 0 Å². The van der Waals surface area contributed by atoms with Crippen LogP contribution in [0.2, 0.25) is 0 Å². The third-order valence-corrected chi connectivity index (χ3v) is 1.32. The molecule has 98 valence electrons. The van der Waals surface area contributed by atoms with E-state index in [4.69, 9.17) is 35.7 Å². The van der Waals surface area contributed by atoms with E-state index in [1.54, 1.807) is 0 Å². The zero-order chi connectivity index (χ0) is 12.9. The molecule has 10 heteroatoms. The second kappa shape index (κ2) is 7.33. The molecule has 4 N–H and O–H groups in total. The van der Waals surface area contributed by atoms with Crippen molar-refractivity contribution in [1.82, 2.24) is 0 Å². The van der Waals surface area contributed by atoms with Crippen LogP contribution in [0.4, 0.5) is 0 Å². The fraction of sp³-hybridized carbons (Fsp3) is 0. The summed E-state index contributed by atoms with van der Waals surface area (Å²) in [6.45, 7) is 0. The summed E-state index contributed by atoms with van der Waals surface area (Å²) in [5.74, 6) is -3.33. The Morgan fingerprint density at radius 3 is 1.65 bits per heavy atom. The molecule has 1 aromatic rings. The van der Waals surface area contributed by atoms with Gasteiger partial charge in [-0.25, -0.2) is 4.79 Å². The summed E-state index contributed by atoms with van der Waals surface area (Å²) in [4.78, 5) is 18.6. The van der Waals surface area contributed by atoms with Gasteiger partial charge in [0.15, 0.2) is 17.2 Å². The molecule has 0 unspecified atom stereocenters. The third kappa shape index (κ3) is 6.25. The fourth-order valence-electron chi connectivity index (χ4n) is 0.728. The van der Waals surface area contributed by atoms with Gasteiger partial charge in [0.2, 0.25) is 0 Å². The van der Waals surface area contributed by atoms with E-state index in [1.165, 1.54) is 0 Å². The van der Waals surface area contributed by atoms with Crippen LogP contribution in [0, 0.1) is 15.3 Å². The molecule has 0 aliphatic carbocycles. The van der Waals surface area contributed by atoms with Crippen molar-refractivity contribution in [3.05, 3.63) is 33.0 Å². The number of rotatable bonds is 1. The first-order valence-electron chi connectivity index (χ1n) is 3.55. The van der Waals surface area contributed by atoms with Gasteiger partial charge in [-0.05, 0) is 12.1 Å². The van der Waals surface area contributed by atoms with Crippen LogP contribution < -0.4 is 0 Å². The quantitative estimate of drug-likeness (QED) is 0.245. The minimum Gasteiger partial charge on any atom is -0.504 e. The minimum atomic E-state index is -1.75. The summed E-state index contributed by atoms with van der Waals surface area (Å²) in [6, 6.07) is 1.69. The van der Waals surface area contributed by atoms with Gasteiger partial charge in [-0.1, -0.05) is 0 Å². The normalized spacial score (nSPS) is 8.24. The molecule has 0 atom stereocenters. The largest absolute Gasteiger partial charge is 1.00 e. The second-order valence-corrected chi connectivity index (χ2v) is 2.39. The monoisotopic (exact) mass is 339 g/mol. The van der Waals surface area contributed by atoms with E-state index in [1.807, 2.05) is 0 Å². The van der Waals surface area contributed by atoms with E-state index in [9.17, 15) is 4.79 Å². The molecular formula is C7H6AgNO8. The number of hydrogen-bond donors (Lipinski definition) is 4. The smallest absolute Gasteiger partial charge is 0.504 e. The molecule has 1 aromatic carbocycles. The van der Waals surface area contributed by atoms with E-state index < -0.39 is 28.3 Å². The summed E-state index contributed by atoms with van der Waals surface area (Å²) >= 11 is 0. The van der Waals surface area contributed by atoms with Crippen LogP contribution in [0.5, 0.6) is 17.2 Å². The molecule has 17 heavy (non-hydrogen) atoms. The van der Waals surface area contributed by atoms with Gasteiger partial charge >= 0.3 is 28.3 Å². The maximum absolute atomic E-state index is 10.3. The van der Waals surface area contributed by atoms with Crippen molar-refractivity contribution in [3.8, 4) is 17.2 Å². The van der Waals surface area contributed by atoms with E-state index in [-0.39, 0.29) is 27.9 Å². The van der Waals surface area contributed by atoms with E-state index in [0.29, 0.717) is 0 Å². The van der Waals surface area contributed by atoms with Crippen molar-refractivity contribution in [1.29, 1.82) is 0 Å². The molecule has 0 saturated carbocycles. The topological polar surface area (TPSA) is 164 Å². The molecule has 0 spiro atoms. The number of carbonyl (C=O) groups is 1. The van der Waals surface area contributed by atoms with Crippen LogP contribution in [0.15, 0.2) is 12.1 Å². The molecule has 0 bridgehead atoms. The SMILES string of the molecule is O=C(O)c1cc(O)c(O)c(O)c1.O=[N+]([O-])[O-].[Ag+]. The van der Waals surface area contributed by atoms with Gasteiger partial charge in [0.05, 0.1) is 10.7 Å². The van der Waals surface area contributed by atoms with Crippen LogP contribution in [-0.4, -0.2) is 31.5 Å². The fourth-order valence-corrected chi connectivity index (χ4v) is 0.728. The van der Waals surface area contributed by atoms with Gasteiger partial charge in [-0.3, -0.25) is 0 Å². The summed E-state index contributed by atoms with van der Waals surface area (Å²) < 4.78 is 0. The number of phenols is 3. The Bertz CT molecular complexity index is 393. The average Bonchev–Trinajstić information content (AvgIpc) is 2.12. The molecule has 0 aromatic heterocycles. The maximum Gasteiger partial charge on any atom is 1.00 e. The molecule has 0 aliphatic rings. The molecule has 0 radical (unpaired) electrons. The summed E-state index contributed by atoms with van der Waals surface area (Å²) in [5.41, 5.74) is -0.289. The van der Waals surface area contributed by atoms with Gasteiger partial charge in [0, 0.05) is 0 Å². The van der Waals surface area contributed by atoms with Gasteiger partial charge in [0.25, 0.3) is 0 Å². The zero-order valence-corrected chi connectivity index (χ0v) is 9.31. The van der Waals surface area contributed by atoms with Gasteiger partial charge < -0.3 is 35.7 Å². The van der Waals surface area contributed by atoms with Crippen molar-refractivity contribution in [2.45, 2.75) is 0 Å². The number of benzene rings is 1. The Hall–Kier alpha value is -1.97. The molecular weight excluding hydrogens is 334 g/mol. The Morgan fingerprint density at radius 2 is 1.41 bits per heavy atom.